The molecular formula is C56H87N17O19S2. The van der Waals surface area contributed by atoms with Crippen molar-refractivity contribution in [2.75, 3.05) is 63.9 Å². The number of likely N-dealkylation sites (tertiary alicyclic amines) is 2. The first-order valence-electron chi connectivity index (χ1n) is 30.5. The van der Waals surface area contributed by atoms with E-state index < -0.39 is 205 Å². The number of carbonyl (C=O) groups excluding carboxylic acids is 18. The zero-order valence-electron chi connectivity index (χ0n) is 52.4. The molecule has 3 heterocycles. The molecule has 0 spiro atoms. The summed E-state index contributed by atoms with van der Waals surface area (Å²) in [5, 5.41) is 29.1. The Balaban J connectivity index is 1.65. The first kappa shape index (κ1) is 79.6. The van der Waals surface area contributed by atoms with Gasteiger partial charge in [-0.3, -0.25) is 101 Å². The molecule has 0 bridgehead atoms. The van der Waals surface area contributed by atoms with Crippen molar-refractivity contribution in [2.45, 2.75) is 163 Å². The largest absolute Gasteiger partial charge is 0.396 e. The van der Waals surface area contributed by atoms with Crippen molar-refractivity contribution >= 4 is 130 Å². The maximum absolute atomic E-state index is 14.0. The van der Waals surface area contributed by atoms with Crippen LogP contribution in [0.4, 0.5) is 0 Å². The molecule has 0 aromatic carbocycles. The number of primary amides is 3. The van der Waals surface area contributed by atoms with Gasteiger partial charge in [-0.05, 0) is 51.5 Å². The van der Waals surface area contributed by atoms with Crippen molar-refractivity contribution in [1.29, 1.82) is 0 Å². The van der Waals surface area contributed by atoms with Gasteiger partial charge < -0.3 is 81.6 Å². The lowest BCUT2D eigenvalue weighted by Gasteiger charge is -2.25. The van der Waals surface area contributed by atoms with Crippen LogP contribution in [0.15, 0.2) is 12.2 Å². The summed E-state index contributed by atoms with van der Waals surface area (Å²) in [4.78, 5) is 233. The fourth-order valence-electron chi connectivity index (χ4n) is 9.27. The van der Waals surface area contributed by atoms with Gasteiger partial charge in [0.25, 0.3) is 11.8 Å². The Morgan fingerprint density at radius 2 is 0.936 bits per heavy atom. The number of hydrogen-bond donors (Lipinski definition) is 15. The van der Waals surface area contributed by atoms with E-state index in [9.17, 15) is 86.3 Å². The van der Waals surface area contributed by atoms with Gasteiger partial charge in [-0.2, -0.15) is 0 Å². The maximum Gasteiger partial charge on any atom is 0.253 e. The normalized spacial score (nSPS) is 17.5. The molecule has 3 aliphatic heterocycles. The zero-order chi connectivity index (χ0) is 70.2. The summed E-state index contributed by atoms with van der Waals surface area (Å²) in [5.74, 6) is -14.4. The third-order valence-corrected chi connectivity index (χ3v) is 17.2. The lowest BCUT2D eigenvalue weighted by molar-refractivity contribution is -0.140. The summed E-state index contributed by atoms with van der Waals surface area (Å²) in [6.07, 6.45) is 2.88. The lowest BCUT2D eigenvalue weighted by atomic mass is 10.1. The number of nitrogens with two attached hydrogens (primary N) is 5. The van der Waals surface area contributed by atoms with Gasteiger partial charge in [0.1, 0.15) is 36.3 Å². The van der Waals surface area contributed by atoms with Gasteiger partial charge in [0.2, 0.25) is 94.5 Å². The minimum absolute atomic E-state index is 0.00717. The van der Waals surface area contributed by atoms with Gasteiger partial charge >= 0.3 is 0 Å². The number of rotatable bonds is 46. The quantitative estimate of drug-likeness (QED) is 0.0199. The Bertz CT molecular complexity index is 2830. The molecular weight excluding hydrogens is 1280 g/mol. The molecule has 2 saturated heterocycles. The Hall–Kier alpha value is -8.62. The van der Waals surface area contributed by atoms with Crippen LogP contribution < -0.4 is 76.5 Å². The minimum Gasteiger partial charge on any atom is -0.396 e. The second-order valence-electron chi connectivity index (χ2n) is 22.0. The number of imide groups is 3. The van der Waals surface area contributed by atoms with Gasteiger partial charge in [-0.15, -0.1) is 23.5 Å². The maximum atomic E-state index is 14.0. The minimum atomic E-state index is -1.65. The Morgan fingerprint density at radius 3 is 1.40 bits per heavy atom. The standard InChI is InChI=1S/C56H87N17O19S2/c1-3-4-9-31(58)51(87)69-36(49(60)85)28-93-38-24-46(82)72(55(38)91)21-15-41(77)63-26-34(48(59)84)68-53(89)33(11-6-8-19-62-40(76)14-20-71-44(80)12-13-45(71)81)67-54(90)35(65-30(2)75)27-64-42(78)16-22-73-47(83)25-39(56(73)92)94-29-37(50(61)86)70-52(88)32(10-5-7-18-57)66-43(79)17-23-74/h12-13,31-39,74H,3-11,14-29,57-58H2,1-2H3,(H2,59,84)(H2,60,85)(H2,61,86)(H,62,76)(H,63,77)(H,64,78)(H,65,75)(H,66,79)(H,67,90)(H,68,89)(H,69,87)(H,70,88). The fraction of sp³-hybridized carbons (Fsp3) is 0.643. The predicted molar refractivity (Wildman–Crippen MR) is 335 cm³/mol. The van der Waals surface area contributed by atoms with Crippen molar-refractivity contribution < 1.29 is 91.4 Å². The Kier molecular flexibility index (Phi) is 34.9. The smallest absolute Gasteiger partial charge is 0.253 e. The summed E-state index contributed by atoms with van der Waals surface area (Å²) in [5.41, 5.74) is 28.1. The summed E-state index contributed by atoms with van der Waals surface area (Å²) in [6, 6.07) is -9.38. The van der Waals surface area contributed by atoms with Gasteiger partial charge in [0.15, 0.2) is 0 Å². The molecule has 9 atom stereocenters. The first-order valence-corrected chi connectivity index (χ1v) is 32.6. The summed E-state index contributed by atoms with van der Waals surface area (Å²) < 4.78 is 0. The van der Waals surface area contributed by atoms with E-state index in [2.05, 4.69) is 47.9 Å². The van der Waals surface area contributed by atoms with Crippen LogP contribution in [0.25, 0.3) is 0 Å². The third kappa shape index (κ3) is 27.5. The summed E-state index contributed by atoms with van der Waals surface area (Å²) in [6.45, 7) is 0.460. The molecule has 2 fully saturated rings. The first-order chi connectivity index (χ1) is 44.5. The van der Waals surface area contributed by atoms with Crippen LogP contribution in [-0.2, 0) is 86.3 Å². The SMILES string of the molecule is CCCCC(N)C(=O)NC(CSC1CC(=O)N(CCC(=O)NCC(NC(=O)C(CCCCNC(=O)CCN2C(=O)C=CC2=O)NC(=O)C(CNC(=O)CCN2C(=O)CC(SCC(NC(=O)C(CCCCN)NC(=O)CCO)C(N)=O)C2=O)NC(C)=O)C(N)=O)C1=O)C(N)=O. The number of aliphatic hydroxyl groups is 1. The van der Waals surface area contributed by atoms with E-state index in [1.807, 2.05) is 6.92 Å². The highest BCUT2D eigenvalue weighted by atomic mass is 32.2. The van der Waals surface area contributed by atoms with Crippen LogP contribution in [0.5, 0.6) is 0 Å². The van der Waals surface area contributed by atoms with Crippen molar-refractivity contribution in [3.05, 3.63) is 12.2 Å². The number of nitrogens with zero attached hydrogens (tertiary/aromatic N) is 3. The summed E-state index contributed by atoms with van der Waals surface area (Å²) >= 11 is 1.73. The fourth-order valence-corrected chi connectivity index (χ4v) is 11.7. The molecule has 3 aliphatic rings. The highest BCUT2D eigenvalue weighted by molar-refractivity contribution is 8.01. The van der Waals surface area contributed by atoms with Crippen molar-refractivity contribution in [3.63, 3.8) is 0 Å². The number of aliphatic hydroxyl groups excluding tert-OH is 1. The van der Waals surface area contributed by atoms with Crippen LogP contribution in [0.1, 0.15) is 110 Å². The van der Waals surface area contributed by atoms with E-state index >= 15 is 0 Å². The molecule has 9 unspecified atom stereocenters. The monoisotopic (exact) mass is 1370 g/mol. The number of nitrogens with one attached hydrogen (secondary N) is 9. The molecule has 36 nitrogen and oxygen atoms in total. The molecule has 0 saturated carbocycles. The number of carbonyl (C=O) groups is 18. The molecule has 0 aromatic rings. The molecule has 0 aliphatic carbocycles. The second kappa shape index (κ2) is 41.2. The molecule has 94 heavy (non-hydrogen) atoms. The van der Waals surface area contributed by atoms with E-state index in [-0.39, 0.29) is 76.0 Å². The van der Waals surface area contributed by atoms with Crippen molar-refractivity contribution in [1.82, 2.24) is 62.6 Å². The average Bonchev–Trinajstić information content (AvgIpc) is 1.73. The van der Waals surface area contributed by atoms with Crippen LogP contribution in [-0.4, -0.2) is 243 Å². The molecule has 3 rings (SSSR count). The number of hydrogen-bond acceptors (Lipinski definition) is 23. The van der Waals surface area contributed by atoms with E-state index in [1.165, 1.54) is 0 Å². The van der Waals surface area contributed by atoms with Gasteiger partial charge in [-0.25, -0.2) is 0 Å². The number of amides is 18. The topological polar surface area (TPSA) is 576 Å². The van der Waals surface area contributed by atoms with Gasteiger partial charge in [-0.1, -0.05) is 19.8 Å². The van der Waals surface area contributed by atoms with Crippen molar-refractivity contribution in [3.8, 4) is 0 Å². The molecule has 0 radical (unpaired) electrons. The second-order valence-corrected chi connectivity index (χ2v) is 24.5. The van der Waals surface area contributed by atoms with Gasteiger partial charge in [0, 0.05) is 108 Å². The van der Waals surface area contributed by atoms with E-state index in [0.29, 0.717) is 32.2 Å². The lowest BCUT2D eigenvalue weighted by Crippen LogP contribution is -2.59. The van der Waals surface area contributed by atoms with Crippen LogP contribution in [0.3, 0.4) is 0 Å². The molecule has 18 amide bonds. The average molecular weight is 1370 g/mol. The van der Waals surface area contributed by atoms with E-state index in [0.717, 1.165) is 63.7 Å². The van der Waals surface area contributed by atoms with Crippen LogP contribution in [0, 0.1) is 0 Å². The Labute approximate surface area is 549 Å². The molecule has 20 N–H and O–H groups in total. The third-order valence-electron chi connectivity index (χ3n) is 14.6. The van der Waals surface area contributed by atoms with E-state index in [4.69, 9.17) is 33.8 Å². The highest BCUT2D eigenvalue weighted by Crippen LogP contribution is 2.27. The number of unbranched alkanes of at least 4 members (excludes halogenated alkanes) is 3. The summed E-state index contributed by atoms with van der Waals surface area (Å²) in [7, 11) is 0. The highest BCUT2D eigenvalue weighted by Gasteiger charge is 2.42. The number of thioether (sulfide) groups is 2. The van der Waals surface area contributed by atoms with Crippen LogP contribution in [0.2, 0.25) is 0 Å². The predicted octanol–water partition coefficient (Wildman–Crippen LogP) is -8.26. The van der Waals surface area contributed by atoms with E-state index in [1.54, 1.807) is 0 Å². The zero-order valence-corrected chi connectivity index (χ0v) is 54.0. The molecule has 38 heteroatoms. The van der Waals surface area contributed by atoms with Crippen LogP contribution >= 0.6 is 23.5 Å². The van der Waals surface area contributed by atoms with Crippen molar-refractivity contribution in [2.24, 2.45) is 28.7 Å². The molecule has 0 aromatic heterocycles. The Morgan fingerprint density at radius 1 is 0.511 bits per heavy atom. The van der Waals surface area contributed by atoms with Gasteiger partial charge in [0.05, 0.1) is 23.1 Å². The molecule has 522 valence electrons.